The maximum absolute atomic E-state index is 13.6. The standard InChI is InChI=1S/C19H13F2N3O2/c20-13-6-7-16(15(21)11-13)24-19(26)17-10-12(8-9-22-17)18(25)23-14-4-2-1-3-5-14/h1-11H,(H,23,25)(H,24,26). The SMILES string of the molecule is O=C(Nc1ccccc1)c1ccnc(C(=O)Nc2ccc(F)cc2F)c1. The minimum absolute atomic E-state index is 0.0746. The molecule has 1 heterocycles. The first-order valence-electron chi connectivity index (χ1n) is 7.62. The first kappa shape index (κ1) is 17.2. The number of carbonyl (C=O) groups is 2. The van der Waals surface area contributed by atoms with Crippen LogP contribution >= 0.6 is 0 Å². The van der Waals surface area contributed by atoms with Crippen LogP contribution in [-0.2, 0) is 0 Å². The largest absolute Gasteiger partial charge is 0.322 e. The summed E-state index contributed by atoms with van der Waals surface area (Å²) < 4.78 is 26.6. The average molecular weight is 353 g/mol. The summed E-state index contributed by atoms with van der Waals surface area (Å²) in [6.45, 7) is 0. The zero-order chi connectivity index (χ0) is 18.5. The number of carbonyl (C=O) groups excluding carboxylic acids is 2. The molecule has 0 spiro atoms. The van der Waals surface area contributed by atoms with Gasteiger partial charge >= 0.3 is 0 Å². The number of rotatable bonds is 4. The summed E-state index contributed by atoms with van der Waals surface area (Å²) in [6, 6.07) is 14.4. The van der Waals surface area contributed by atoms with Gasteiger partial charge in [0.15, 0.2) is 0 Å². The van der Waals surface area contributed by atoms with Crippen LogP contribution in [-0.4, -0.2) is 16.8 Å². The second-order valence-corrected chi connectivity index (χ2v) is 5.33. The number of nitrogens with zero attached hydrogens (tertiary/aromatic N) is 1. The highest BCUT2D eigenvalue weighted by atomic mass is 19.1. The van der Waals surface area contributed by atoms with Crippen LogP contribution < -0.4 is 10.6 Å². The highest BCUT2D eigenvalue weighted by molar-refractivity contribution is 6.07. The van der Waals surface area contributed by atoms with E-state index in [0.29, 0.717) is 11.8 Å². The smallest absolute Gasteiger partial charge is 0.274 e. The number of anilines is 2. The van der Waals surface area contributed by atoms with Gasteiger partial charge in [0.1, 0.15) is 17.3 Å². The Balaban J connectivity index is 1.76. The van der Waals surface area contributed by atoms with E-state index in [-0.39, 0.29) is 16.9 Å². The summed E-state index contributed by atoms with van der Waals surface area (Å²) in [4.78, 5) is 28.4. The molecule has 0 fully saturated rings. The van der Waals surface area contributed by atoms with Gasteiger partial charge in [-0.15, -0.1) is 0 Å². The predicted octanol–water partition coefficient (Wildman–Crippen LogP) is 3.86. The van der Waals surface area contributed by atoms with Crippen molar-refractivity contribution < 1.29 is 18.4 Å². The number of pyridine rings is 1. The Morgan fingerprint density at radius 3 is 2.35 bits per heavy atom. The van der Waals surface area contributed by atoms with Crippen molar-refractivity contribution in [2.24, 2.45) is 0 Å². The molecule has 3 rings (SSSR count). The second-order valence-electron chi connectivity index (χ2n) is 5.33. The van der Waals surface area contributed by atoms with E-state index in [1.54, 1.807) is 24.3 Å². The van der Waals surface area contributed by atoms with E-state index in [0.717, 1.165) is 12.1 Å². The second kappa shape index (κ2) is 7.52. The van der Waals surface area contributed by atoms with E-state index in [1.165, 1.54) is 18.3 Å². The van der Waals surface area contributed by atoms with Gasteiger partial charge in [-0.05, 0) is 36.4 Å². The molecule has 1 aromatic heterocycles. The van der Waals surface area contributed by atoms with E-state index < -0.39 is 23.4 Å². The fraction of sp³-hybridized carbons (Fsp3) is 0. The molecule has 2 N–H and O–H groups in total. The molecule has 2 amide bonds. The number of nitrogens with one attached hydrogen (secondary N) is 2. The van der Waals surface area contributed by atoms with E-state index in [9.17, 15) is 18.4 Å². The summed E-state index contributed by atoms with van der Waals surface area (Å²) in [5, 5.41) is 4.98. The van der Waals surface area contributed by atoms with Gasteiger partial charge in [0.05, 0.1) is 5.69 Å². The number of amides is 2. The van der Waals surface area contributed by atoms with Gasteiger partial charge < -0.3 is 10.6 Å². The monoisotopic (exact) mass is 353 g/mol. The molecule has 0 aliphatic rings. The van der Waals surface area contributed by atoms with Gasteiger partial charge in [0.2, 0.25) is 0 Å². The third kappa shape index (κ3) is 4.07. The fourth-order valence-corrected chi connectivity index (χ4v) is 2.20. The summed E-state index contributed by atoms with van der Waals surface area (Å²) in [5.41, 5.74) is 0.564. The zero-order valence-electron chi connectivity index (χ0n) is 13.4. The molecule has 0 atom stereocenters. The number of hydrogen-bond acceptors (Lipinski definition) is 3. The van der Waals surface area contributed by atoms with Crippen molar-refractivity contribution in [3.8, 4) is 0 Å². The molecule has 3 aromatic rings. The van der Waals surface area contributed by atoms with Gasteiger partial charge in [-0.25, -0.2) is 8.78 Å². The van der Waals surface area contributed by atoms with Crippen LogP contribution in [0, 0.1) is 11.6 Å². The molecule has 130 valence electrons. The number of benzene rings is 2. The molecular weight excluding hydrogens is 340 g/mol. The van der Waals surface area contributed by atoms with Gasteiger partial charge in [-0.1, -0.05) is 18.2 Å². The van der Waals surface area contributed by atoms with Crippen LogP contribution in [0.4, 0.5) is 20.2 Å². The van der Waals surface area contributed by atoms with E-state index in [4.69, 9.17) is 0 Å². The van der Waals surface area contributed by atoms with Crippen LogP contribution in [0.2, 0.25) is 0 Å². The van der Waals surface area contributed by atoms with E-state index >= 15 is 0 Å². The lowest BCUT2D eigenvalue weighted by Crippen LogP contribution is -2.17. The minimum Gasteiger partial charge on any atom is -0.322 e. The first-order chi connectivity index (χ1) is 12.5. The maximum Gasteiger partial charge on any atom is 0.274 e. The molecule has 0 saturated carbocycles. The molecule has 7 heteroatoms. The third-order valence-corrected chi connectivity index (χ3v) is 3.47. The van der Waals surface area contributed by atoms with E-state index in [2.05, 4.69) is 15.6 Å². The Morgan fingerprint density at radius 2 is 1.62 bits per heavy atom. The summed E-state index contributed by atoms with van der Waals surface area (Å²) >= 11 is 0. The van der Waals surface area contributed by atoms with Crippen molar-refractivity contribution in [1.82, 2.24) is 4.98 Å². The number of hydrogen-bond donors (Lipinski definition) is 2. The molecule has 0 aliphatic carbocycles. The Kier molecular flexibility index (Phi) is 4.98. The predicted molar refractivity (Wildman–Crippen MR) is 92.9 cm³/mol. The van der Waals surface area contributed by atoms with Crippen molar-refractivity contribution in [3.63, 3.8) is 0 Å². The number of aromatic nitrogens is 1. The normalized spacial score (nSPS) is 10.2. The van der Waals surface area contributed by atoms with Crippen LogP contribution in [0.5, 0.6) is 0 Å². The molecular formula is C19H13F2N3O2. The summed E-state index contributed by atoms with van der Waals surface area (Å²) in [7, 11) is 0. The molecule has 2 aromatic carbocycles. The quantitative estimate of drug-likeness (QED) is 0.748. The highest BCUT2D eigenvalue weighted by Gasteiger charge is 2.14. The molecule has 0 unspecified atom stereocenters. The van der Waals surface area contributed by atoms with Crippen molar-refractivity contribution in [3.05, 3.63) is 89.8 Å². The van der Waals surface area contributed by atoms with Crippen LogP contribution in [0.3, 0.4) is 0 Å². The molecule has 5 nitrogen and oxygen atoms in total. The lowest BCUT2D eigenvalue weighted by Gasteiger charge is -2.08. The van der Waals surface area contributed by atoms with Gasteiger partial charge in [0, 0.05) is 23.5 Å². The Hall–Kier alpha value is -3.61. The molecule has 0 radical (unpaired) electrons. The Bertz CT molecular complexity index is 962. The Labute approximate surface area is 147 Å². The minimum atomic E-state index is -0.906. The fourth-order valence-electron chi connectivity index (χ4n) is 2.20. The molecule has 0 aliphatic heterocycles. The highest BCUT2D eigenvalue weighted by Crippen LogP contribution is 2.16. The third-order valence-electron chi connectivity index (χ3n) is 3.47. The molecule has 26 heavy (non-hydrogen) atoms. The average Bonchev–Trinajstić information content (AvgIpc) is 2.65. The van der Waals surface area contributed by atoms with Crippen LogP contribution in [0.25, 0.3) is 0 Å². The Morgan fingerprint density at radius 1 is 0.846 bits per heavy atom. The van der Waals surface area contributed by atoms with Crippen LogP contribution in [0.15, 0.2) is 66.9 Å². The van der Waals surface area contributed by atoms with Gasteiger partial charge in [0.25, 0.3) is 11.8 Å². The van der Waals surface area contributed by atoms with Crippen LogP contribution in [0.1, 0.15) is 20.8 Å². The molecule has 0 saturated heterocycles. The lowest BCUT2D eigenvalue weighted by molar-refractivity contribution is 0.102. The topological polar surface area (TPSA) is 71.1 Å². The van der Waals surface area contributed by atoms with Gasteiger partial charge in [-0.2, -0.15) is 0 Å². The lowest BCUT2D eigenvalue weighted by atomic mass is 10.2. The van der Waals surface area contributed by atoms with Crippen molar-refractivity contribution in [1.29, 1.82) is 0 Å². The number of halogens is 2. The summed E-state index contributed by atoms with van der Waals surface area (Å²) in [5.74, 6) is -2.79. The zero-order valence-corrected chi connectivity index (χ0v) is 13.4. The van der Waals surface area contributed by atoms with E-state index in [1.807, 2.05) is 6.07 Å². The molecule has 0 bridgehead atoms. The van der Waals surface area contributed by atoms with Crippen molar-refractivity contribution in [2.45, 2.75) is 0 Å². The maximum atomic E-state index is 13.6. The first-order valence-corrected chi connectivity index (χ1v) is 7.62. The summed E-state index contributed by atoms with van der Waals surface area (Å²) in [6.07, 6.45) is 1.30. The number of para-hydroxylation sites is 1. The van der Waals surface area contributed by atoms with Crippen molar-refractivity contribution in [2.75, 3.05) is 10.6 Å². The van der Waals surface area contributed by atoms with Crippen molar-refractivity contribution >= 4 is 23.2 Å². The van der Waals surface area contributed by atoms with Gasteiger partial charge in [-0.3, -0.25) is 14.6 Å².